The van der Waals surface area contributed by atoms with Crippen molar-refractivity contribution in [3.63, 3.8) is 0 Å². The summed E-state index contributed by atoms with van der Waals surface area (Å²) >= 11 is 0. The molecule has 0 atom stereocenters. The van der Waals surface area contributed by atoms with Crippen LogP contribution in [0.4, 0.5) is 5.82 Å². The second kappa shape index (κ2) is 5.16. The Kier molecular flexibility index (Phi) is 3.52. The summed E-state index contributed by atoms with van der Waals surface area (Å²) in [4.78, 5) is 2.60. The van der Waals surface area contributed by atoms with Crippen molar-refractivity contribution in [3.8, 4) is 0 Å². The Morgan fingerprint density at radius 1 is 1.21 bits per heavy atom. The summed E-state index contributed by atoms with van der Waals surface area (Å²) in [6.07, 6.45) is 6.57. The van der Waals surface area contributed by atoms with Crippen molar-refractivity contribution in [1.82, 2.24) is 9.78 Å². The Bertz CT molecular complexity index is 429. The third kappa shape index (κ3) is 2.94. The highest BCUT2D eigenvalue weighted by atomic mass is 15.4. The number of rotatable bonds is 7. The van der Waals surface area contributed by atoms with Crippen LogP contribution in [0.25, 0.3) is 0 Å². The molecule has 2 aliphatic carbocycles. The second-order valence-corrected chi connectivity index (χ2v) is 6.34. The number of hydrogen-bond acceptors (Lipinski definition) is 3. The van der Waals surface area contributed by atoms with Gasteiger partial charge < -0.3 is 10.6 Å². The van der Waals surface area contributed by atoms with E-state index < -0.39 is 0 Å². The molecule has 2 N–H and O–H groups in total. The van der Waals surface area contributed by atoms with E-state index in [2.05, 4.69) is 28.7 Å². The van der Waals surface area contributed by atoms with Gasteiger partial charge in [0.15, 0.2) is 0 Å². The van der Waals surface area contributed by atoms with Gasteiger partial charge in [-0.15, -0.1) is 0 Å². The van der Waals surface area contributed by atoms with E-state index in [1.807, 2.05) is 0 Å². The number of nitrogens with zero attached hydrogens (tertiary/aromatic N) is 3. The van der Waals surface area contributed by atoms with Crippen LogP contribution in [0.1, 0.15) is 36.9 Å². The zero-order chi connectivity index (χ0) is 13.4. The number of aromatic nitrogens is 2. The van der Waals surface area contributed by atoms with Gasteiger partial charge in [-0.1, -0.05) is 0 Å². The fraction of sp³-hybridized carbons (Fsp3) is 0.800. The highest BCUT2D eigenvalue weighted by Crippen LogP contribution is 2.37. The van der Waals surface area contributed by atoms with Gasteiger partial charge in [0.1, 0.15) is 5.82 Å². The normalized spacial score (nSPS) is 18.9. The van der Waals surface area contributed by atoms with E-state index in [-0.39, 0.29) is 0 Å². The molecule has 2 aliphatic rings. The first-order chi connectivity index (χ1) is 9.19. The Balaban J connectivity index is 1.85. The average molecular weight is 262 g/mol. The molecule has 0 amide bonds. The van der Waals surface area contributed by atoms with Crippen molar-refractivity contribution in [2.75, 3.05) is 24.5 Å². The monoisotopic (exact) mass is 262 g/mol. The smallest absolute Gasteiger partial charge is 0.130 e. The summed E-state index contributed by atoms with van der Waals surface area (Å²) in [6, 6.07) is 0. The Labute approximate surface area is 116 Å². The zero-order valence-corrected chi connectivity index (χ0v) is 12.2. The Hall–Kier alpha value is -1.03. The van der Waals surface area contributed by atoms with Gasteiger partial charge in [-0.3, -0.25) is 4.68 Å². The SMILES string of the molecule is Cc1nn(C)c(N(CC2CC2)CC2CC2)c1CCN. The van der Waals surface area contributed by atoms with E-state index in [1.54, 1.807) is 0 Å². The van der Waals surface area contributed by atoms with Gasteiger partial charge in [-0.05, 0) is 57.4 Å². The minimum atomic E-state index is 0.709. The predicted octanol–water partition coefficient (Wildman–Crippen LogP) is 1.86. The first-order valence-corrected chi connectivity index (χ1v) is 7.66. The number of nitrogens with two attached hydrogens (primary N) is 1. The average Bonchev–Trinajstić information content (AvgIpc) is 3.24. The van der Waals surface area contributed by atoms with Crippen LogP contribution in [-0.4, -0.2) is 29.4 Å². The lowest BCUT2D eigenvalue weighted by Crippen LogP contribution is -2.31. The highest BCUT2D eigenvalue weighted by Gasteiger charge is 2.31. The highest BCUT2D eigenvalue weighted by molar-refractivity contribution is 5.51. The van der Waals surface area contributed by atoms with Crippen LogP contribution >= 0.6 is 0 Å². The number of aryl methyl sites for hydroxylation is 2. The molecule has 1 aromatic heterocycles. The third-order valence-corrected chi connectivity index (χ3v) is 4.36. The molecule has 0 saturated heterocycles. The Morgan fingerprint density at radius 3 is 2.26 bits per heavy atom. The maximum Gasteiger partial charge on any atom is 0.130 e. The lowest BCUT2D eigenvalue weighted by molar-refractivity contribution is 0.637. The summed E-state index contributed by atoms with van der Waals surface area (Å²) < 4.78 is 2.07. The molecular weight excluding hydrogens is 236 g/mol. The quantitative estimate of drug-likeness (QED) is 0.816. The van der Waals surface area contributed by atoms with Gasteiger partial charge in [0.05, 0.1) is 5.69 Å². The van der Waals surface area contributed by atoms with Crippen molar-refractivity contribution in [3.05, 3.63) is 11.3 Å². The van der Waals surface area contributed by atoms with E-state index in [0.29, 0.717) is 6.54 Å². The first-order valence-electron chi connectivity index (χ1n) is 7.66. The molecule has 19 heavy (non-hydrogen) atoms. The molecule has 1 heterocycles. The van der Waals surface area contributed by atoms with Gasteiger partial charge in [-0.25, -0.2) is 0 Å². The van der Waals surface area contributed by atoms with Crippen LogP contribution in [0.3, 0.4) is 0 Å². The van der Waals surface area contributed by atoms with Crippen LogP contribution in [0, 0.1) is 18.8 Å². The first kappa shape index (κ1) is 13.0. The van der Waals surface area contributed by atoms with Gasteiger partial charge >= 0.3 is 0 Å². The summed E-state index contributed by atoms with van der Waals surface area (Å²) in [5.41, 5.74) is 8.30. The number of hydrogen-bond donors (Lipinski definition) is 1. The van der Waals surface area contributed by atoms with E-state index in [1.165, 1.54) is 50.2 Å². The zero-order valence-electron chi connectivity index (χ0n) is 12.2. The summed E-state index contributed by atoms with van der Waals surface area (Å²) in [5.74, 6) is 3.17. The maximum atomic E-state index is 5.78. The molecule has 0 unspecified atom stereocenters. The lowest BCUT2D eigenvalue weighted by atomic mass is 10.1. The molecule has 0 aromatic carbocycles. The molecule has 4 heteroatoms. The number of anilines is 1. The molecule has 2 saturated carbocycles. The van der Waals surface area contributed by atoms with E-state index in [9.17, 15) is 0 Å². The molecule has 0 radical (unpaired) electrons. The molecule has 1 aromatic rings. The van der Waals surface area contributed by atoms with Crippen LogP contribution in [0.5, 0.6) is 0 Å². The fourth-order valence-electron chi connectivity index (χ4n) is 2.99. The molecule has 0 bridgehead atoms. The van der Waals surface area contributed by atoms with Gasteiger partial charge in [-0.2, -0.15) is 5.10 Å². The molecule has 4 nitrogen and oxygen atoms in total. The van der Waals surface area contributed by atoms with Crippen molar-refractivity contribution < 1.29 is 0 Å². The van der Waals surface area contributed by atoms with Crippen LogP contribution in [0.15, 0.2) is 0 Å². The predicted molar refractivity (Wildman–Crippen MR) is 78.4 cm³/mol. The molecule has 0 spiro atoms. The van der Waals surface area contributed by atoms with Crippen LogP contribution < -0.4 is 10.6 Å². The largest absolute Gasteiger partial charge is 0.356 e. The molecule has 0 aliphatic heterocycles. The lowest BCUT2D eigenvalue weighted by Gasteiger charge is -2.26. The molecule has 106 valence electrons. The summed E-state index contributed by atoms with van der Waals surface area (Å²) in [5, 5.41) is 4.63. The minimum absolute atomic E-state index is 0.709. The fourth-order valence-corrected chi connectivity index (χ4v) is 2.99. The standard InChI is InChI=1S/C15H26N4/c1-11-14(7-8-16)15(18(2)17-11)19(9-12-3-4-12)10-13-5-6-13/h12-13H,3-10,16H2,1-2H3. The van der Waals surface area contributed by atoms with E-state index in [0.717, 1.165) is 24.0 Å². The second-order valence-electron chi connectivity index (χ2n) is 6.34. The van der Waals surface area contributed by atoms with E-state index in [4.69, 9.17) is 5.73 Å². The Morgan fingerprint density at radius 2 is 1.79 bits per heavy atom. The van der Waals surface area contributed by atoms with Crippen molar-refractivity contribution in [2.45, 2.75) is 39.0 Å². The molecular formula is C15H26N4. The van der Waals surface area contributed by atoms with Gasteiger partial charge in [0.2, 0.25) is 0 Å². The van der Waals surface area contributed by atoms with Gasteiger partial charge in [0, 0.05) is 25.7 Å². The maximum absolute atomic E-state index is 5.78. The van der Waals surface area contributed by atoms with Crippen LogP contribution in [0.2, 0.25) is 0 Å². The topological polar surface area (TPSA) is 47.1 Å². The molecule has 3 rings (SSSR count). The van der Waals surface area contributed by atoms with Crippen molar-refractivity contribution >= 4 is 5.82 Å². The van der Waals surface area contributed by atoms with Gasteiger partial charge in [0.25, 0.3) is 0 Å². The summed E-state index contributed by atoms with van der Waals surface area (Å²) in [6.45, 7) is 5.25. The van der Waals surface area contributed by atoms with Crippen molar-refractivity contribution in [1.29, 1.82) is 0 Å². The summed E-state index contributed by atoms with van der Waals surface area (Å²) in [7, 11) is 2.08. The molecule has 2 fully saturated rings. The minimum Gasteiger partial charge on any atom is -0.356 e. The van der Waals surface area contributed by atoms with Crippen LogP contribution in [-0.2, 0) is 13.5 Å². The van der Waals surface area contributed by atoms with Crippen molar-refractivity contribution in [2.24, 2.45) is 24.6 Å². The van der Waals surface area contributed by atoms with E-state index >= 15 is 0 Å². The third-order valence-electron chi connectivity index (χ3n) is 4.36.